The first-order valence-corrected chi connectivity index (χ1v) is 6.13. The van der Waals surface area contributed by atoms with Crippen molar-refractivity contribution in [3.8, 4) is 11.5 Å². The minimum Gasteiger partial charge on any atom is -0.476 e. The van der Waals surface area contributed by atoms with Gasteiger partial charge in [-0.05, 0) is 18.2 Å². The summed E-state index contributed by atoms with van der Waals surface area (Å²) in [6.07, 6.45) is 1.35. The Balaban J connectivity index is 2.42. The topological polar surface area (TPSA) is 59.4 Å². The number of carboxylic acid groups (broad SMARTS) is 1. The van der Waals surface area contributed by atoms with E-state index in [9.17, 15) is 4.79 Å². The molecule has 4 nitrogen and oxygen atoms in total. The minimum atomic E-state index is -1.20. The van der Waals surface area contributed by atoms with Crippen molar-refractivity contribution in [1.82, 2.24) is 4.98 Å². The van der Waals surface area contributed by atoms with Gasteiger partial charge in [-0.2, -0.15) is 0 Å². The fourth-order valence-electron chi connectivity index (χ4n) is 1.33. The predicted octanol–water partition coefficient (Wildman–Crippen LogP) is 4.53. The van der Waals surface area contributed by atoms with E-state index in [1.54, 1.807) is 6.07 Å². The van der Waals surface area contributed by atoms with E-state index in [2.05, 4.69) is 4.98 Å². The number of carbonyl (C=O) groups is 1. The van der Waals surface area contributed by atoms with Crippen LogP contribution in [-0.4, -0.2) is 16.1 Å². The summed E-state index contributed by atoms with van der Waals surface area (Å²) in [5.74, 6) is -0.936. The van der Waals surface area contributed by atoms with Gasteiger partial charge in [0.15, 0.2) is 11.4 Å². The quantitative estimate of drug-likeness (QED) is 0.844. The van der Waals surface area contributed by atoms with E-state index in [0.29, 0.717) is 0 Å². The van der Waals surface area contributed by atoms with Crippen molar-refractivity contribution in [2.45, 2.75) is 0 Å². The van der Waals surface area contributed by atoms with Crippen LogP contribution >= 0.6 is 34.8 Å². The summed E-state index contributed by atoms with van der Waals surface area (Å²) in [5, 5.41) is 9.74. The molecule has 1 N–H and O–H groups in total. The van der Waals surface area contributed by atoms with Gasteiger partial charge in [-0.3, -0.25) is 0 Å². The molecule has 0 radical (unpaired) electrons. The summed E-state index contributed by atoms with van der Waals surface area (Å²) in [6, 6.07) is 5.84. The zero-order valence-corrected chi connectivity index (χ0v) is 11.5. The van der Waals surface area contributed by atoms with Gasteiger partial charge in [0.05, 0.1) is 15.1 Å². The highest BCUT2D eigenvalue weighted by molar-refractivity contribution is 6.43. The largest absolute Gasteiger partial charge is 0.476 e. The Morgan fingerprint density at radius 2 is 1.79 bits per heavy atom. The first kappa shape index (κ1) is 13.9. The molecule has 0 saturated heterocycles. The molecule has 0 aliphatic carbocycles. The summed E-state index contributed by atoms with van der Waals surface area (Å²) in [5.41, 5.74) is -0.218. The molecule has 0 atom stereocenters. The Kier molecular flexibility index (Phi) is 4.14. The molecule has 19 heavy (non-hydrogen) atoms. The van der Waals surface area contributed by atoms with Crippen molar-refractivity contribution in [2.24, 2.45) is 0 Å². The first-order valence-electron chi connectivity index (χ1n) is 4.99. The van der Waals surface area contributed by atoms with Crippen LogP contribution in [0.4, 0.5) is 0 Å². The fourth-order valence-corrected chi connectivity index (χ4v) is 1.91. The summed E-state index contributed by atoms with van der Waals surface area (Å²) < 4.78 is 5.42. The highest BCUT2D eigenvalue weighted by Crippen LogP contribution is 2.36. The Hall–Kier alpha value is -1.49. The van der Waals surface area contributed by atoms with E-state index in [1.165, 1.54) is 24.4 Å². The monoisotopic (exact) mass is 317 g/mol. The lowest BCUT2D eigenvalue weighted by atomic mass is 10.3. The molecule has 0 unspecified atom stereocenters. The van der Waals surface area contributed by atoms with Crippen LogP contribution in [0.1, 0.15) is 10.5 Å². The molecular formula is C12H6Cl3NO3. The number of nitrogens with zero attached hydrogens (tertiary/aromatic N) is 1. The Labute approximate surface area is 123 Å². The minimum absolute atomic E-state index is 0.0651. The third kappa shape index (κ3) is 3.10. The van der Waals surface area contributed by atoms with Gasteiger partial charge in [0, 0.05) is 12.3 Å². The first-order chi connectivity index (χ1) is 8.99. The third-order valence-corrected chi connectivity index (χ3v) is 3.19. The molecule has 1 aromatic heterocycles. The van der Waals surface area contributed by atoms with Gasteiger partial charge in [-0.25, -0.2) is 9.78 Å². The molecular weight excluding hydrogens is 312 g/mol. The number of pyridine rings is 1. The van der Waals surface area contributed by atoms with E-state index in [4.69, 9.17) is 44.6 Å². The molecule has 0 aliphatic heterocycles. The fraction of sp³-hybridized carbons (Fsp3) is 0. The highest BCUT2D eigenvalue weighted by Gasteiger charge is 2.15. The lowest BCUT2D eigenvalue weighted by Gasteiger charge is -2.10. The average molecular weight is 319 g/mol. The molecule has 0 bridgehead atoms. The van der Waals surface area contributed by atoms with Gasteiger partial charge in [-0.15, -0.1) is 0 Å². The van der Waals surface area contributed by atoms with Crippen LogP contribution < -0.4 is 4.74 Å². The lowest BCUT2D eigenvalue weighted by molar-refractivity contribution is 0.0687. The molecule has 98 valence electrons. The van der Waals surface area contributed by atoms with Gasteiger partial charge >= 0.3 is 5.97 Å². The number of ether oxygens (including phenoxy) is 1. The number of benzene rings is 1. The molecule has 0 spiro atoms. The van der Waals surface area contributed by atoms with Crippen molar-refractivity contribution in [3.05, 3.63) is 51.2 Å². The number of halogens is 3. The number of hydrogen-bond acceptors (Lipinski definition) is 3. The van der Waals surface area contributed by atoms with Crippen LogP contribution in [-0.2, 0) is 0 Å². The maximum absolute atomic E-state index is 11.0. The highest BCUT2D eigenvalue weighted by atomic mass is 35.5. The molecule has 2 aromatic rings. The normalized spacial score (nSPS) is 10.3. The summed E-state index contributed by atoms with van der Waals surface area (Å²) in [4.78, 5) is 14.7. The van der Waals surface area contributed by atoms with E-state index in [1.807, 2.05) is 0 Å². The maximum atomic E-state index is 11.0. The van der Waals surface area contributed by atoms with E-state index in [-0.39, 0.29) is 32.3 Å². The molecule has 0 aliphatic rings. The van der Waals surface area contributed by atoms with Crippen LogP contribution in [0, 0.1) is 0 Å². The Morgan fingerprint density at radius 3 is 2.47 bits per heavy atom. The zero-order valence-electron chi connectivity index (χ0n) is 9.23. The third-order valence-electron chi connectivity index (χ3n) is 2.17. The van der Waals surface area contributed by atoms with E-state index < -0.39 is 5.97 Å². The molecule has 0 amide bonds. The predicted molar refractivity (Wildman–Crippen MR) is 72.7 cm³/mol. The molecule has 1 aromatic carbocycles. The zero-order chi connectivity index (χ0) is 14.0. The second-order valence-corrected chi connectivity index (χ2v) is 4.68. The van der Waals surface area contributed by atoms with Crippen LogP contribution in [0.5, 0.6) is 11.5 Å². The lowest BCUT2D eigenvalue weighted by Crippen LogP contribution is -2.02. The van der Waals surface area contributed by atoms with Crippen LogP contribution in [0.3, 0.4) is 0 Å². The second kappa shape index (κ2) is 5.65. The number of rotatable bonds is 3. The number of carboxylic acids is 1. The molecule has 1 heterocycles. The van der Waals surface area contributed by atoms with Gasteiger partial charge in [0.1, 0.15) is 5.75 Å². The number of aromatic carboxylic acids is 1. The summed E-state index contributed by atoms with van der Waals surface area (Å²) >= 11 is 17.6. The Morgan fingerprint density at radius 1 is 1.11 bits per heavy atom. The number of aromatic nitrogens is 1. The van der Waals surface area contributed by atoms with Crippen molar-refractivity contribution in [2.75, 3.05) is 0 Å². The molecule has 0 fully saturated rings. The van der Waals surface area contributed by atoms with Crippen LogP contribution in [0.2, 0.25) is 15.1 Å². The van der Waals surface area contributed by atoms with Crippen LogP contribution in [0.15, 0.2) is 30.5 Å². The maximum Gasteiger partial charge on any atom is 0.358 e. The van der Waals surface area contributed by atoms with Gasteiger partial charge in [0.25, 0.3) is 0 Å². The second-order valence-electron chi connectivity index (χ2n) is 3.45. The van der Waals surface area contributed by atoms with Crippen molar-refractivity contribution < 1.29 is 14.6 Å². The van der Waals surface area contributed by atoms with E-state index >= 15 is 0 Å². The molecule has 2 rings (SSSR count). The standard InChI is InChI=1S/C12H6Cl3NO3/c13-6-4-8(15)10(5-7(6)14)19-9-2-1-3-16-11(9)12(17)18/h1-5H,(H,17,18). The van der Waals surface area contributed by atoms with Gasteiger partial charge in [0.2, 0.25) is 0 Å². The van der Waals surface area contributed by atoms with Crippen molar-refractivity contribution in [1.29, 1.82) is 0 Å². The number of hydrogen-bond donors (Lipinski definition) is 1. The van der Waals surface area contributed by atoms with Gasteiger partial charge in [-0.1, -0.05) is 34.8 Å². The van der Waals surface area contributed by atoms with Crippen molar-refractivity contribution in [3.63, 3.8) is 0 Å². The van der Waals surface area contributed by atoms with Gasteiger partial charge < -0.3 is 9.84 Å². The molecule has 0 saturated carbocycles. The average Bonchev–Trinajstić information content (AvgIpc) is 2.36. The van der Waals surface area contributed by atoms with Crippen molar-refractivity contribution >= 4 is 40.8 Å². The van der Waals surface area contributed by atoms with Crippen LogP contribution in [0.25, 0.3) is 0 Å². The molecule has 7 heteroatoms. The SMILES string of the molecule is O=C(O)c1ncccc1Oc1cc(Cl)c(Cl)cc1Cl. The summed E-state index contributed by atoms with van der Waals surface area (Å²) in [6.45, 7) is 0. The Bertz CT molecular complexity index is 646. The van der Waals surface area contributed by atoms with E-state index in [0.717, 1.165) is 0 Å². The smallest absolute Gasteiger partial charge is 0.358 e. The summed E-state index contributed by atoms with van der Waals surface area (Å²) in [7, 11) is 0.